The second-order valence-electron chi connectivity index (χ2n) is 9.02. The van der Waals surface area contributed by atoms with Gasteiger partial charge in [-0.15, -0.1) is 0 Å². The van der Waals surface area contributed by atoms with Crippen LogP contribution in [0.4, 0.5) is 11.4 Å². The molecule has 0 bridgehead atoms. The van der Waals surface area contributed by atoms with Crippen molar-refractivity contribution in [3.05, 3.63) is 119 Å². The Morgan fingerprint density at radius 3 is 2.61 bits per heavy atom. The molecule has 5 rings (SSSR count). The standard InChI is InChI=1S/C30H25N3O3/c1-18-12-25-19(2)14-28(22-16-33(17-22)23-10-8-21(15-31)9-11-23)36-29(25)26(13-18)20(3)32-27-7-5-4-6-24(27)30(34)35/h4-14,16,20,32H,2,17H2,1,3H3,(H,34,35). The molecule has 6 nitrogen and oxygen atoms in total. The summed E-state index contributed by atoms with van der Waals surface area (Å²) in [5.74, 6) is 0.504. The van der Waals surface area contributed by atoms with E-state index in [-0.39, 0.29) is 11.6 Å². The summed E-state index contributed by atoms with van der Waals surface area (Å²) in [6.45, 7) is 8.98. The lowest BCUT2D eigenvalue weighted by molar-refractivity contribution is 0.0698. The minimum absolute atomic E-state index is 0.211. The minimum atomic E-state index is -0.977. The lowest BCUT2D eigenvalue weighted by atomic mass is 9.92. The number of fused-ring (bicyclic) bond motifs is 1. The van der Waals surface area contributed by atoms with Crippen molar-refractivity contribution < 1.29 is 14.6 Å². The van der Waals surface area contributed by atoms with E-state index in [4.69, 9.17) is 10.00 Å². The third-order valence-corrected chi connectivity index (χ3v) is 6.42. The van der Waals surface area contributed by atoms with E-state index >= 15 is 0 Å². The zero-order chi connectivity index (χ0) is 25.4. The largest absolute Gasteiger partial charge is 0.478 e. The molecule has 6 heteroatoms. The van der Waals surface area contributed by atoms with Crippen molar-refractivity contribution in [2.75, 3.05) is 16.8 Å². The van der Waals surface area contributed by atoms with Gasteiger partial charge in [0.05, 0.1) is 29.8 Å². The molecule has 0 radical (unpaired) electrons. The maximum atomic E-state index is 11.7. The molecule has 0 aliphatic carbocycles. The Bertz CT molecular complexity index is 1490. The number of benzene rings is 3. The van der Waals surface area contributed by atoms with Gasteiger partial charge in [0.25, 0.3) is 0 Å². The molecule has 0 spiro atoms. The summed E-state index contributed by atoms with van der Waals surface area (Å²) in [7, 11) is 0. The summed E-state index contributed by atoms with van der Waals surface area (Å²) >= 11 is 0. The molecule has 0 saturated carbocycles. The number of hydrogen-bond acceptors (Lipinski definition) is 5. The molecule has 2 aliphatic rings. The highest BCUT2D eigenvalue weighted by molar-refractivity contribution is 5.94. The summed E-state index contributed by atoms with van der Waals surface area (Å²) < 4.78 is 6.46. The number of para-hydroxylation sites is 1. The van der Waals surface area contributed by atoms with Gasteiger partial charge in [0.1, 0.15) is 11.5 Å². The first-order valence-electron chi connectivity index (χ1n) is 11.6. The van der Waals surface area contributed by atoms with Crippen molar-refractivity contribution in [3.8, 4) is 11.8 Å². The van der Waals surface area contributed by atoms with E-state index in [1.807, 2.05) is 44.3 Å². The molecule has 0 fully saturated rings. The maximum Gasteiger partial charge on any atom is 0.337 e. The van der Waals surface area contributed by atoms with Crippen LogP contribution in [-0.4, -0.2) is 17.6 Å². The van der Waals surface area contributed by atoms with Crippen LogP contribution in [0, 0.1) is 18.3 Å². The molecule has 2 N–H and O–H groups in total. The molecule has 3 aromatic carbocycles. The highest BCUT2D eigenvalue weighted by Crippen LogP contribution is 2.43. The molecule has 3 aromatic rings. The quantitative estimate of drug-likeness (QED) is 0.427. The van der Waals surface area contributed by atoms with Crippen LogP contribution in [0.15, 0.2) is 90.9 Å². The van der Waals surface area contributed by atoms with Gasteiger partial charge in [-0.25, -0.2) is 4.79 Å². The van der Waals surface area contributed by atoms with Crippen molar-refractivity contribution in [2.24, 2.45) is 0 Å². The maximum absolute atomic E-state index is 11.7. The topological polar surface area (TPSA) is 85.6 Å². The number of rotatable bonds is 6. The monoisotopic (exact) mass is 475 g/mol. The Kier molecular flexibility index (Phi) is 5.83. The normalized spacial score (nSPS) is 14.9. The van der Waals surface area contributed by atoms with Crippen molar-refractivity contribution in [3.63, 3.8) is 0 Å². The molecule has 1 unspecified atom stereocenters. The van der Waals surface area contributed by atoms with Gasteiger partial charge in [0.15, 0.2) is 0 Å². The number of carboxylic acids is 1. The zero-order valence-corrected chi connectivity index (χ0v) is 20.1. The number of carbonyl (C=O) groups is 1. The predicted molar refractivity (Wildman–Crippen MR) is 141 cm³/mol. The van der Waals surface area contributed by atoms with Gasteiger partial charge in [-0.1, -0.05) is 24.8 Å². The van der Waals surface area contributed by atoms with Gasteiger partial charge in [0.2, 0.25) is 0 Å². The van der Waals surface area contributed by atoms with Crippen LogP contribution in [0.3, 0.4) is 0 Å². The SMILES string of the molecule is C=C1C=C(C2=CN(c3ccc(C#N)cc3)C2)Oc2c1cc(C)cc2C(C)Nc1ccccc1C(=O)O. The zero-order valence-electron chi connectivity index (χ0n) is 20.1. The molecule has 2 heterocycles. The summed E-state index contributed by atoms with van der Waals surface area (Å²) in [5, 5.41) is 21.9. The fraction of sp³-hybridized carbons (Fsp3) is 0.133. The van der Waals surface area contributed by atoms with E-state index in [0.29, 0.717) is 17.8 Å². The summed E-state index contributed by atoms with van der Waals surface area (Å²) in [6.07, 6.45) is 4.00. The highest BCUT2D eigenvalue weighted by atomic mass is 16.5. The second kappa shape index (κ2) is 9.12. The first-order valence-corrected chi connectivity index (χ1v) is 11.6. The molecule has 0 aromatic heterocycles. The van der Waals surface area contributed by atoms with E-state index in [2.05, 4.69) is 35.0 Å². The highest BCUT2D eigenvalue weighted by Gasteiger charge is 2.28. The Morgan fingerprint density at radius 2 is 1.92 bits per heavy atom. The van der Waals surface area contributed by atoms with E-state index in [1.165, 1.54) is 0 Å². The van der Waals surface area contributed by atoms with Crippen LogP contribution >= 0.6 is 0 Å². The second-order valence-corrected chi connectivity index (χ2v) is 9.02. The summed E-state index contributed by atoms with van der Waals surface area (Å²) in [6, 6.07) is 20.4. The number of hydrogen-bond donors (Lipinski definition) is 2. The fourth-order valence-electron chi connectivity index (χ4n) is 4.50. The Morgan fingerprint density at radius 1 is 1.19 bits per heavy atom. The van der Waals surface area contributed by atoms with Crippen molar-refractivity contribution in [2.45, 2.75) is 19.9 Å². The molecule has 0 amide bonds. The molecule has 2 aliphatic heterocycles. The molecular weight excluding hydrogens is 450 g/mol. The van der Waals surface area contributed by atoms with Gasteiger partial charge in [-0.3, -0.25) is 0 Å². The third kappa shape index (κ3) is 4.23. The van der Waals surface area contributed by atoms with Crippen LogP contribution in [0.1, 0.15) is 45.6 Å². The number of nitriles is 1. The Labute approximate surface area is 210 Å². The van der Waals surface area contributed by atoms with Gasteiger partial charge in [0, 0.05) is 34.3 Å². The smallest absolute Gasteiger partial charge is 0.337 e. The van der Waals surface area contributed by atoms with Crippen LogP contribution in [0.2, 0.25) is 0 Å². The van der Waals surface area contributed by atoms with E-state index in [0.717, 1.165) is 45.0 Å². The number of carboxylic acid groups (broad SMARTS) is 1. The van der Waals surface area contributed by atoms with Crippen LogP contribution in [0.25, 0.3) is 5.57 Å². The van der Waals surface area contributed by atoms with Gasteiger partial charge >= 0.3 is 5.97 Å². The first kappa shape index (κ1) is 23.0. The average molecular weight is 476 g/mol. The van der Waals surface area contributed by atoms with Gasteiger partial charge in [-0.05, 0) is 73.5 Å². The molecule has 0 saturated heterocycles. The van der Waals surface area contributed by atoms with E-state index in [1.54, 1.807) is 30.3 Å². The average Bonchev–Trinajstić information content (AvgIpc) is 2.84. The molecule has 1 atom stereocenters. The summed E-state index contributed by atoms with van der Waals surface area (Å²) in [5.41, 5.74) is 7.27. The van der Waals surface area contributed by atoms with Gasteiger partial charge in [-0.2, -0.15) is 5.26 Å². The number of ether oxygens (including phenoxy) is 1. The number of anilines is 2. The Hall–Kier alpha value is -4.76. The number of aromatic carboxylic acids is 1. The third-order valence-electron chi connectivity index (χ3n) is 6.42. The lowest BCUT2D eigenvalue weighted by Gasteiger charge is -2.34. The fourth-order valence-corrected chi connectivity index (χ4v) is 4.50. The van der Waals surface area contributed by atoms with E-state index < -0.39 is 5.97 Å². The Balaban J connectivity index is 1.42. The van der Waals surface area contributed by atoms with Crippen LogP contribution in [0.5, 0.6) is 5.75 Å². The van der Waals surface area contributed by atoms with Crippen LogP contribution < -0.4 is 15.0 Å². The van der Waals surface area contributed by atoms with E-state index in [9.17, 15) is 9.90 Å². The number of aryl methyl sites for hydroxylation is 1. The molecular formula is C30H25N3O3. The number of nitrogens with zero attached hydrogens (tertiary/aromatic N) is 2. The van der Waals surface area contributed by atoms with Gasteiger partial charge < -0.3 is 20.1 Å². The summed E-state index contributed by atoms with van der Waals surface area (Å²) in [4.78, 5) is 13.8. The minimum Gasteiger partial charge on any atom is -0.478 e. The number of nitrogens with one attached hydrogen (secondary N) is 1. The van der Waals surface area contributed by atoms with Crippen molar-refractivity contribution in [1.82, 2.24) is 0 Å². The molecule has 36 heavy (non-hydrogen) atoms. The van der Waals surface area contributed by atoms with Crippen LogP contribution in [-0.2, 0) is 0 Å². The first-order chi connectivity index (χ1) is 17.3. The molecule has 178 valence electrons. The predicted octanol–water partition coefficient (Wildman–Crippen LogP) is 6.43. The van der Waals surface area contributed by atoms with Crippen molar-refractivity contribution >= 4 is 22.9 Å². The van der Waals surface area contributed by atoms with Crippen molar-refractivity contribution in [1.29, 1.82) is 5.26 Å². The number of allylic oxidation sites excluding steroid dienone is 2. The lowest BCUT2D eigenvalue weighted by Crippen LogP contribution is -2.32.